The van der Waals surface area contributed by atoms with Gasteiger partial charge in [0.15, 0.2) is 5.16 Å². The first-order valence-electron chi connectivity index (χ1n) is 8.21. The zero-order chi connectivity index (χ0) is 18.1. The zero-order valence-electron chi connectivity index (χ0n) is 13.9. The summed E-state index contributed by atoms with van der Waals surface area (Å²) in [6.07, 6.45) is 2.29. The molecule has 0 spiro atoms. The summed E-state index contributed by atoms with van der Waals surface area (Å²) in [6.45, 7) is 4.50. The molecule has 1 aromatic carbocycles. The fourth-order valence-corrected chi connectivity index (χ4v) is 4.95. The van der Waals surface area contributed by atoms with Gasteiger partial charge in [-0.2, -0.15) is 0 Å². The molecule has 5 nitrogen and oxygen atoms in total. The molecule has 1 saturated heterocycles. The number of fused-ring (bicyclic) bond motifs is 1. The lowest BCUT2D eigenvalue weighted by Crippen LogP contribution is -2.23. The number of thiophene rings is 1. The minimum Gasteiger partial charge on any atom is -0.465 e. The van der Waals surface area contributed by atoms with Gasteiger partial charge < -0.3 is 4.74 Å². The Morgan fingerprint density at radius 3 is 2.85 bits per heavy atom. The maximum Gasteiger partial charge on any atom is 0.319 e. The van der Waals surface area contributed by atoms with Gasteiger partial charge in [-0.3, -0.25) is 14.2 Å². The van der Waals surface area contributed by atoms with Gasteiger partial charge in [-0.05, 0) is 11.6 Å². The van der Waals surface area contributed by atoms with Crippen LogP contribution in [0, 0.1) is 0 Å². The normalized spacial score (nSPS) is 16.8. The highest BCUT2D eigenvalue weighted by Gasteiger charge is 2.29. The molecule has 1 aliphatic heterocycles. The molecule has 0 aliphatic carbocycles. The fraction of sp³-hybridized carbons (Fsp3) is 0.211. The zero-order valence-corrected chi connectivity index (χ0v) is 15.5. The molecule has 0 radical (unpaired) electrons. The molecule has 7 heteroatoms. The molecule has 4 rings (SSSR count). The van der Waals surface area contributed by atoms with Crippen LogP contribution in [0.25, 0.3) is 20.7 Å². The van der Waals surface area contributed by atoms with E-state index in [0.717, 1.165) is 10.4 Å². The quantitative estimate of drug-likeness (QED) is 0.381. The molecule has 3 heterocycles. The topological polar surface area (TPSA) is 61.2 Å². The molecule has 26 heavy (non-hydrogen) atoms. The summed E-state index contributed by atoms with van der Waals surface area (Å²) in [6, 6.07) is 11.9. The largest absolute Gasteiger partial charge is 0.465 e. The molecule has 1 aliphatic rings. The van der Waals surface area contributed by atoms with Crippen molar-refractivity contribution < 1.29 is 9.53 Å². The third-order valence-corrected chi connectivity index (χ3v) is 6.50. The van der Waals surface area contributed by atoms with E-state index < -0.39 is 0 Å². The predicted molar refractivity (Wildman–Crippen MR) is 105 cm³/mol. The molecule has 3 aromatic rings. The van der Waals surface area contributed by atoms with E-state index in [1.807, 2.05) is 36.4 Å². The number of ether oxygens (including phenoxy) is 1. The molecule has 0 amide bonds. The van der Waals surface area contributed by atoms with E-state index in [-0.39, 0.29) is 16.8 Å². The molecule has 0 unspecified atom stereocenters. The van der Waals surface area contributed by atoms with Crippen LogP contribution in [0.4, 0.5) is 0 Å². The predicted octanol–water partition coefficient (Wildman–Crippen LogP) is 3.72. The second-order valence-electron chi connectivity index (χ2n) is 5.85. The van der Waals surface area contributed by atoms with Crippen LogP contribution < -0.4 is 5.56 Å². The number of benzene rings is 1. The lowest BCUT2D eigenvalue weighted by atomic mass is 10.2. The van der Waals surface area contributed by atoms with Crippen LogP contribution in [0.1, 0.15) is 6.42 Å². The standard InChI is InChI=1S/C19H16N2O3S2/c1-2-9-21-17(22)16-13(11-15(25-16)12-6-4-3-5-7-12)20-19(21)26-14-8-10-24-18(14)23/h2-7,11,14H,1,8-10H2/t14-/m1/s1. The van der Waals surface area contributed by atoms with Crippen LogP contribution in [-0.2, 0) is 16.1 Å². The summed E-state index contributed by atoms with van der Waals surface area (Å²) in [4.78, 5) is 30.5. The maximum absolute atomic E-state index is 13.0. The molecule has 0 saturated carbocycles. The van der Waals surface area contributed by atoms with Crippen molar-refractivity contribution >= 4 is 39.3 Å². The summed E-state index contributed by atoms with van der Waals surface area (Å²) in [7, 11) is 0. The van der Waals surface area contributed by atoms with Gasteiger partial charge in [0, 0.05) is 17.8 Å². The number of hydrogen-bond acceptors (Lipinski definition) is 6. The third kappa shape index (κ3) is 3.08. The van der Waals surface area contributed by atoms with Crippen molar-refractivity contribution in [2.75, 3.05) is 6.61 Å². The van der Waals surface area contributed by atoms with Gasteiger partial charge in [-0.15, -0.1) is 17.9 Å². The van der Waals surface area contributed by atoms with E-state index in [0.29, 0.717) is 34.9 Å². The van der Waals surface area contributed by atoms with E-state index >= 15 is 0 Å². The number of cyclic esters (lactones) is 1. The Bertz CT molecular complexity index is 1040. The summed E-state index contributed by atoms with van der Waals surface area (Å²) in [5, 5.41) is 0.214. The van der Waals surface area contributed by atoms with Gasteiger partial charge in [0.05, 0.1) is 12.1 Å². The number of aromatic nitrogens is 2. The molecule has 1 atom stereocenters. The third-order valence-electron chi connectivity index (χ3n) is 4.10. The highest BCUT2D eigenvalue weighted by molar-refractivity contribution is 8.00. The average Bonchev–Trinajstić information content (AvgIpc) is 3.26. The van der Waals surface area contributed by atoms with Crippen molar-refractivity contribution in [3.05, 3.63) is 59.4 Å². The Balaban J connectivity index is 1.83. The van der Waals surface area contributed by atoms with Gasteiger partial charge in [-0.1, -0.05) is 48.2 Å². The molecule has 0 bridgehead atoms. The van der Waals surface area contributed by atoms with Gasteiger partial charge in [0.2, 0.25) is 0 Å². The molecular formula is C19H16N2O3S2. The van der Waals surface area contributed by atoms with Crippen LogP contribution in [-0.4, -0.2) is 27.4 Å². The first-order chi connectivity index (χ1) is 12.7. The van der Waals surface area contributed by atoms with Gasteiger partial charge in [0.25, 0.3) is 5.56 Å². The number of esters is 1. The maximum atomic E-state index is 13.0. The lowest BCUT2D eigenvalue weighted by Gasteiger charge is -2.11. The monoisotopic (exact) mass is 384 g/mol. The van der Waals surface area contributed by atoms with Crippen LogP contribution >= 0.6 is 23.1 Å². The van der Waals surface area contributed by atoms with Crippen molar-refractivity contribution in [1.82, 2.24) is 9.55 Å². The number of allylic oxidation sites excluding steroid dienone is 1. The minimum atomic E-state index is -0.317. The van der Waals surface area contributed by atoms with Crippen molar-refractivity contribution in [3.8, 4) is 10.4 Å². The van der Waals surface area contributed by atoms with E-state index in [1.54, 1.807) is 10.6 Å². The van der Waals surface area contributed by atoms with Crippen LogP contribution in [0.2, 0.25) is 0 Å². The number of carbonyl (C=O) groups excluding carboxylic acids is 1. The average molecular weight is 384 g/mol. The molecule has 0 N–H and O–H groups in total. The molecular weight excluding hydrogens is 368 g/mol. The van der Waals surface area contributed by atoms with Crippen LogP contribution in [0.3, 0.4) is 0 Å². The Morgan fingerprint density at radius 2 is 2.15 bits per heavy atom. The van der Waals surface area contributed by atoms with Crippen LogP contribution in [0.15, 0.2) is 59.0 Å². The molecule has 2 aromatic heterocycles. The van der Waals surface area contributed by atoms with Crippen molar-refractivity contribution in [2.45, 2.75) is 23.4 Å². The van der Waals surface area contributed by atoms with Crippen molar-refractivity contribution in [2.24, 2.45) is 0 Å². The van der Waals surface area contributed by atoms with E-state index in [4.69, 9.17) is 4.74 Å². The Hall–Kier alpha value is -2.38. The lowest BCUT2D eigenvalue weighted by molar-refractivity contribution is -0.137. The highest BCUT2D eigenvalue weighted by Crippen LogP contribution is 2.33. The summed E-state index contributed by atoms with van der Waals surface area (Å²) >= 11 is 2.73. The Kier molecular flexibility index (Phi) is 4.65. The van der Waals surface area contributed by atoms with Gasteiger partial charge >= 0.3 is 5.97 Å². The first kappa shape index (κ1) is 17.1. The highest BCUT2D eigenvalue weighted by atomic mass is 32.2. The Labute approximate surface area is 158 Å². The van der Waals surface area contributed by atoms with Gasteiger partial charge in [0.1, 0.15) is 9.95 Å². The summed E-state index contributed by atoms with van der Waals surface area (Å²) < 4.78 is 7.22. The fourth-order valence-electron chi connectivity index (χ4n) is 2.83. The number of rotatable bonds is 5. The van der Waals surface area contributed by atoms with E-state index in [1.165, 1.54) is 23.1 Å². The van der Waals surface area contributed by atoms with Gasteiger partial charge in [-0.25, -0.2) is 4.98 Å². The summed E-state index contributed by atoms with van der Waals surface area (Å²) in [5.74, 6) is -0.246. The summed E-state index contributed by atoms with van der Waals surface area (Å²) in [5.41, 5.74) is 1.61. The second-order valence-corrected chi connectivity index (χ2v) is 8.07. The molecule has 1 fully saturated rings. The molecule has 132 valence electrons. The minimum absolute atomic E-state index is 0.101. The van der Waals surface area contributed by atoms with Crippen molar-refractivity contribution in [3.63, 3.8) is 0 Å². The first-order valence-corrected chi connectivity index (χ1v) is 9.91. The van der Waals surface area contributed by atoms with E-state index in [2.05, 4.69) is 11.6 Å². The number of hydrogen-bond donors (Lipinski definition) is 0. The number of nitrogens with zero attached hydrogens (tertiary/aromatic N) is 2. The SMILES string of the molecule is C=CCn1c(S[C@@H]2CCOC2=O)nc2cc(-c3ccccc3)sc2c1=O. The second kappa shape index (κ2) is 7.09. The number of carbonyl (C=O) groups is 1. The van der Waals surface area contributed by atoms with E-state index in [9.17, 15) is 9.59 Å². The number of thioether (sulfide) groups is 1. The smallest absolute Gasteiger partial charge is 0.319 e. The van der Waals surface area contributed by atoms with Crippen LogP contribution in [0.5, 0.6) is 0 Å². The van der Waals surface area contributed by atoms with Crippen molar-refractivity contribution in [1.29, 1.82) is 0 Å². The Morgan fingerprint density at radius 1 is 1.35 bits per heavy atom.